The van der Waals surface area contributed by atoms with Crippen LogP contribution in [0.25, 0.3) is 0 Å². The van der Waals surface area contributed by atoms with Gasteiger partial charge in [0.25, 0.3) is 5.69 Å². The summed E-state index contributed by atoms with van der Waals surface area (Å²) < 4.78 is 26.2. The Hall–Kier alpha value is -3.06. The average molecular weight is 414 g/mol. The van der Waals surface area contributed by atoms with E-state index in [-0.39, 0.29) is 36.5 Å². The van der Waals surface area contributed by atoms with E-state index in [9.17, 15) is 38.0 Å². The smallest absolute Gasteiger partial charge is 0.326 e. The van der Waals surface area contributed by atoms with Gasteiger partial charge in [0.05, 0.1) is 16.4 Å². The molecule has 0 saturated carbocycles. The first kappa shape index (κ1) is 21.2. The normalized spacial score (nSPS) is 16.6. The van der Waals surface area contributed by atoms with Crippen molar-refractivity contribution in [2.75, 3.05) is 19.6 Å². The number of nitro groups is 1. The zero-order valence-electron chi connectivity index (χ0n) is 14.6. The highest BCUT2D eigenvalue weighted by Crippen LogP contribution is 2.22. The topological polar surface area (TPSA) is 181 Å². The van der Waals surface area contributed by atoms with Gasteiger partial charge in [-0.25, -0.2) is 13.2 Å². The molecule has 0 unspecified atom stereocenters. The van der Waals surface area contributed by atoms with Crippen molar-refractivity contribution in [2.24, 2.45) is 5.73 Å². The van der Waals surface area contributed by atoms with E-state index in [4.69, 9.17) is 5.73 Å². The molecule has 0 spiro atoms. The van der Waals surface area contributed by atoms with Crippen molar-refractivity contribution in [1.29, 1.82) is 0 Å². The van der Waals surface area contributed by atoms with Crippen LogP contribution in [0.1, 0.15) is 12.8 Å². The van der Waals surface area contributed by atoms with Crippen molar-refractivity contribution in [3.63, 3.8) is 0 Å². The van der Waals surface area contributed by atoms with Crippen molar-refractivity contribution in [3.8, 4) is 0 Å². The zero-order chi connectivity index (χ0) is 21.1. The summed E-state index contributed by atoms with van der Waals surface area (Å²) in [6.45, 7) is -0.925. The number of primary amides is 1. The van der Waals surface area contributed by atoms with Crippen LogP contribution in [0.5, 0.6) is 0 Å². The fraction of sp³-hybridized carbons (Fsp3) is 0.400. The Balaban J connectivity index is 2.15. The van der Waals surface area contributed by atoms with Gasteiger partial charge in [-0.15, -0.1) is 0 Å². The van der Waals surface area contributed by atoms with Crippen LogP contribution in [0.4, 0.5) is 5.69 Å². The number of nitrogens with zero attached hydrogens (tertiary/aromatic N) is 3. The number of amides is 2. The Morgan fingerprint density at radius 2 is 1.86 bits per heavy atom. The van der Waals surface area contributed by atoms with Crippen LogP contribution >= 0.6 is 0 Å². The molecule has 0 radical (unpaired) electrons. The molecule has 2 rings (SSSR count). The molecule has 12 nitrogen and oxygen atoms in total. The van der Waals surface area contributed by atoms with Crippen molar-refractivity contribution >= 4 is 33.5 Å². The largest absolute Gasteiger partial charge is 0.480 e. The number of piperazine rings is 1. The van der Waals surface area contributed by atoms with Gasteiger partial charge in [0.1, 0.15) is 6.04 Å². The number of carbonyl (C=O) groups excluding carboxylic acids is 2. The van der Waals surface area contributed by atoms with E-state index in [1.54, 1.807) is 0 Å². The molecule has 0 aromatic heterocycles. The summed E-state index contributed by atoms with van der Waals surface area (Å²) in [6.07, 6.45) is -0.406. The fourth-order valence-electron chi connectivity index (χ4n) is 2.78. The number of hydrogen-bond donors (Lipinski definition) is 2. The number of nitrogens with two attached hydrogens (primary N) is 1. The minimum absolute atomic E-state index is 0.161. The lowest BCUT2D eigenvalue weighted by Crippen LogP contribution is -2.57. The third-order valence-corrected chi connectivity index (χ3v) is 6.09. The molecule has 1 aromatic carbocycles. The maximum atomic E-state index is 12.6. The molecule has 1 fully saturated rings. The Labute approximate surface area is 159 Å². The number of hydrogen-bond acceptors (Lipinski definition) is 7. The van der Waals surface area contributed by atoms with Crippen molar-refractivity contribution in [1.82, 2.24) is 9.21 Å². The van der Waals surface area contributed by atoms with Gasteiger partial charge in [0, 0.05) is 31.6 Å². The minimum Gasteiger partial charge on any atom is -0.480 e. The molecule has 28 heavy (non-hydrogen) atoms. The van der Waals surface area contributed by atoms with Crippen molar-refractivity contribution in [2.45, 2.75) is 23.8 Å². The highest BCUT2D eigenvalue weighted by molar-refractivity contribution is 7.89. The summed E-state index contributed by atoms with van der Waals surface area (Å²) in [5, 5.41) is 20.0. The summed E-state index contributed by atoms with van der Waals surface area (Å²) >= 11 is 0. The van der Waals surface area contributed by atoms with Gasteiger partial charge in [-0.3, -0.25) is 19.7 Å². The molecule has 0 aliphatic carbocycles. The quantitative estimate of drug-likeness (QED) is 0.407. The molecule has 2 amide bonds. The lowest BCUT2D eigenvalue weighted by atomic mass is 10.1. The number of carboxylic acids is 1. The lowest BCUT2D eigenvalue weighted by Gasteiger charge is -2.36. The number of sulfonamides is 1. The summed E-state index contributed by atoms with van der Waals surface area (Å²) in [5.74, 6) is -2.76. The van der Waals surface area contributed by atoms with E-state index in [1.807, 2.05) is 0 Å². The molecule has 1 atom stereocenters. The maximum Gasteiger partial charge on any atom is 0.326 e. The van der Waals surface area contributed by atoms with Gasteiger partial charge >= 0.3 is 5.97 Å². The Bertz CT molecular complexity index is 899. The molecular formula is C15H18N4O8S. The molecule has 152 valence electrons. The van der Waals surface area contributed by atoms with E-state index >= 15 is 0 Å². The third-order valence-electron chi connectivity index (χ3n) is 4.23. The highest BCUT2D eigenvalue weighted by Gasteiger charge is 2.38. The van der Waals surface area contributed by atoms with Crippen LogP contribution in [0.2, 0.25) is 0 Å². The van der Waals surface area contributed by atoms with Crippen LogP contribution in [-0.2, 0) is 24.4 Å². The third kappa shape index (κ3) is 4.61. The Kier molecular flexibility index (Phi) is 6.30. The predicted octanol–water partition coefficient (Wildman–Crippen LogP) is -0.854. The first-order valence-corrected chi connectivity index (χ1v) is 9.53. The molecule has 1 saturated heterocycles. The van der Waals surface area contributed by atoms with E-state index < -0.39 is 45.3 Å². The molecule has 3 N–H and O–H groups in total. The molecular weight excluding hydrogens is 396 g/mol. The van der Waals surface area contributed by atoms with Crippen LogP contribution in [0.15, 0.2) is 29.2 Å². The second kappa shape index (κ2) is 8.31. The second-order valence-corrected chi connectivity index (χ2v) is 7.97. The van der Waals surface area contributed by atoms with Gasteiger partial charge in [0.15, 0.2) is 0 Å². The first-order valence-electron chi connectivity index (χ1n) is 8.09. The van der Waals surface area contributed by atoms with Crippen LogP contribution in [-0.4, -0.2) is 71.1 Å². The van der Waals surface area contributed by atoms with Gasteiger partial charge in [-0.1, -0.05) is 0 Å². The van der Waals surface area contributed by atoms with Crippen LogP contribution < -0.4 is 5.73 Å². The number of nitro benzene ring substituents is 1. The minimum atomic E-state index is -4.09. The maximum absolute atomic E-state index is 12.6. The summed E-state index contributed by atoms with van der Waals surface area (Å²) in [7, 11) is -4.09. The van der Waals surface area contributed by atoms with Crippen LogP contribution in [0, 0.1) is 10.1 Å². The number of benzene rings is 1. The number of rotatable bonds is 8. The molecule has 1 aromatic rings. The Morgan fingerprint density at radius 3 is 2.32 bits per heavy atom. The molecule has 1 aliphatic rings. The number of non-ortho nitro benzene ring substituents is 1. The first-order chi connectivity index (χ1) is 13.0. The summed E-state index contributed by atoms with van der Waals surface area (Å²) in [5.41, 5.74) is 4.73. The Morgan fingerprint density at radius 1 is 1.25 bits per heavy atom. The van der Waals surface area contributed by atoms with Crippen LogP contribution in [0.3, 0.4) is 0 Å². The molecule has 1 heterocycles. The summed E-state index contributed by atoms with van der Waals surface area (Å²) in [6, 6.07) is 2.92. The predicted molar refractivity (Wildman–Crippen MR) is 93.4 cm³/mol. The standard InChI is InChI=1S/C15H18N4O8S/c16-13(20)6-5-12(15(22)23)18-8-7-17(9-14(18)21)28(26,27)11-3-1-10(2-4-11)19(24)25/h1-4,12H,5-9H2,(H2,16,20)(H,22,23)/t12-/m0/s1. The monoisotopic (exact) mass is 414 g/mol. The number of carboxylic acid groups (broad SMARTS) is 1. The van der Waals surface area contributed by atoms with Gasteiger partial charge < -0.3 is 15.7 Å². The van der Waals surface area contributed by atoms with Gasteiger partial charge in [-0.05, 0) is 18.6 Å². The SMILES string of the molecule is NC(=O)CC[C@@H](C(=O)O)N1CCN(S(=O)(=O)c2ccc([N+](=O)[O-])cc2)CC1=O. The van der Waals surface area contributed by atoms with E-state index in [1.165, 1.54) is 0 Å². The second-order valence-electron chi connectivity index (χ2n) is 6.04. The van der Waals surface area contributed by atoms with Gasteiger partial charge in [-0.2, -0.15) is 4.31 Å². The van der Waals surface area contributed by atoms with E-state index in [0.29, 0.717) is 0 Å². The zero-order valence-corrected chi connectivity index (χ0v) is 15.4. The van der Waals surface area contributed by atoms with E-state index in [2.05, 4.69) is 0 Å². The van der Waals surface area contributed by atoms with E-state index in [0.717, 1.165) is 33.5 Å². The highest BCUT2D eigenvalue weighted by atomic mass is 32.2. The fourth-order valence-corrected chi connectivity index (χ4v) is 4.16. The average Bonchev–Trinajstić information content (AvgIpc) is 2.62. The molecule has 0 bridgehead atoms. The van der Waals surface area contributed by atoms with Crippen molar-refractivity contribution in [3.05, 3.63) is 34.4 Å². The number of carbonyl (C=O) groups is 3. The van der Waals surface area contributed by atoms with Gasteiger partial charge in [0.2, 0.25) is 21.8 Å². The molecule has 1 aliphatic heterocycles. The molecule has 13 heteroatoms. The lowest BCUT2D eigenvalue weighted by molar-refractivity contribution is -0.384. The number of aliphatic carboxylic acids is 1. The van der Waals surface area contributed by atoms with Crippen molar-refractivity contribution < 1.29 is 32.8 Å². The summed E-state index contributed by atoms with van der Waals surface area (Å²) in [4.78, 5) is 45.5.